The number of hydrogen-bond donors (Lipinski definition) is 1. The van der Waals surface area contributed by atoms with Crippen molar-refractivity contribution in [3.8, 4) is 5.88 Å². The highest BCUT2D eigenvalue weighted by molar-refractivity contribution is 7.89. The summed E-state index contributed by atoms with van der Waals surface area (Å²) in [6, 6.07) is 10.8. The summed E-state index contributed by atoms with van der Waals surface area (Å²) in [5, 5.41) is 31.1. The number of aromatic hydroxyl groups is 1. The van der Waals surface area contributed by atoms with Gasteiger partial charge in [0.15, 0.2) is 11.4 Å². The maximum absolute atomic E-state index is 12.8. The van der Waals surface area contributed by atoms with Crippen LogP contribution in [0, 0.1) is 10.1 Å². The van der Waals surface area contributed by atoms with Crippen LogP contribution in [-0.2, 0) is 10.0 Å². The Hall–Kier alpha value is -3.31. The highest BCUT2D eigenvalue weighted by Gasteiger charge is 2.29. The van der Waals surface area contributed by atoms with Crippen molar-refractivity contribution in [1.29, 1.82) is 0 Å². The van der Waals surface area contributed by atoms with Crippen molar-refractivity contribution in [2.75, 3.05) is 13.1 Å². The number of nitro benzene ring substituents is 1. The van der Waals surface area contributed by atoms with Gasteiger partial charge in [-0.05, 0) is 44.9 Å². The van der Waals surface area contributed by atoms with Crippen LogP contribution in [0.25, 0.3) is 10.9 Å². The smallest absolute Gasteiger partial charge is 0.298 e. The minimum Gasteiger partial charge on any atom is -0.493 e. The van der Waals surface area contributed by atoms with Crippen LogP contribution in [0.2, 0.25) is 0 Å². The molecule has 1 aliphatic rings. The van der Waals surface area contributed by atoms with Gasteiger partial charge in [-0.3, -0.25) is 10.1 Å². The first kappa shape index (κ1) is 21.9. The van der Waals surface area contributed by atoms with Gasteiger partial charge in [-0.25, -0.2) is 8.42 Å². The Morgan fingerprint density at radius 1 is 1.09 bits per heavy atom. The maximum Gasteiger partial charge on any atom is 0.298 e. The summed E-state index contributed by atoms with van der Waals surface area (Å²) < 4.78 is 28.6. The standard InChI is InChI=1S/C21H23N5O5S/c1-14(2)25-18-8-4-3-7-16(18)20(21(25)27)23-22-17-10-9-15(13-19(17)26(28)29)32(30,31)24-11-5-6-12-24/h3-4,7-10,13-14,27H,5-6,11-12H2,1-2H3. The van der Waals surface area contributed by atoms with E-state index < -0.39 is 20.6 Å². The number of nitrogens with zero attached hydrogens (tertiary/aromatic N) is 5. The summed E-state index contributed by atoms with van der Waals surface area (Å²) >= 11 is 0. The van der Waals surface area contributed by atoms with Crippen LogP contribution in [0.15, 0.2) is 57.6 Å². The van der Waals surface area contributed by atoms with Crippen LogP contribution in [-0.4, -0.2) is 40.4 Å². The topological polar surface area (TPSA) is 130 Å². The molecule has 0 unspecified atom stereocenters. The Balaban J connectivity index is 1.77. The minimum absolute atomic E-state index is 0.0479. The molecule has 0 aliphatic carbocycles. The highest BCUT2D eigenvalue weighted by Crippen LogP contribution is 2.42. The van der Waals surface area contributed by atoms with Gasteiger partial charge in [-0.15, -0.1) is 10.2 Å². The summed E-state index contributed by atoms with van der Waals surface area (Å²) in [5.41, 5.74) is 0.380. The summed E-state index contributed by atoms with van der Waals surface area (Å²) in [7, 11) is -3.81. The van der Waals surface area contributed by atoms with E-state index in [0.29, 0.717) is 18.5 Å². The molecule has 1 aliphatic heterocycles. The van der Waals surface area contributed by atoms with E-state index in [2.05, 4.69) is 10.2 Å². The SMILES string of the molecule is CC(C)n1c(O)c(N=Nc2ccc(S(=O)(=O)N3CCCC3)cc2[N+](=O)[O-])c2ccccc21. The van der Waals surface area contributed by atoms with Crippen LogP contribution in [0.4, 0.5) is 17.1 Å². The van der Waals surface area contributed by atoms with Gasteiger partial charge in [0.05, 0.1) is 15.3 Å². The van der Waals surface area contributed by atoms with E-state index in [-0.39, 0.29) is 28.2 Å². The summed E-state index contributed by atoms with van der Waals surface area (Å²) in [6.45, 7) is 4.63. The summed E-state index contributed by atoms with van der Waals surface area (Å²) in [6.07, 6.45) is 1.53. The first-order valence-corrected chi connectivity index (χ1v) is 11.7. The average molecular weight is 458 g/mol. The van der Waals surface area contributed by atoms with Gasteiger partial charge in [-0.2, -0.15) is 4.31 Å². The van der Waals surface area contributed by atoms with Crippen molar-refractivity contribution in [3.05, 3.63) is 52.6 Å². The Morgan fingerprint density at radius 3 is 2.44 bits per heavy atom. The molecule has 0 radical (unpaired) electrons. The summed E-state index contributed by atoms with van der Waals surface area (Å²) in [4.78, 5) is 10.8. The van der Waals surface area contributed by atoms with E-state index in [1.165, 1.54) is 16.4 Å². The number of azo groups is 1. The Morgan fingerprint density at radius 2 is 1.78 bits per heavy atom. The van der Waals surface area contributed by atoms with Crippen LogP contribution in [0.5, 0.6) is 5.88 Å². The maximum atomic E-state index is 12.8. The van der Waals surface area contributed by atoms with E-state index in [4.69, 9.17) is 0 Å². The monoisotopic (exact) mass is 457 g/mol. The van der Waals surface area contributed by atoms with E-state index >= 15 is 0 Å². The molecule has 0 atom stereocenters. The Labute approximate surface area is 185 Å². The van der Waals surface area contributed by atoms with Gasteiger partial charge in [0.25, 0.3) is 5.69 Å². The van der Waals surface area contributed by atoms with Crippen LogP contribution in [0.3, 0.4) is 0 Å². The van der Waals surface area contributed by atoms with Gasteiger partial charge >= 0.3 is 0 Å². The second-order valence-electron chi connectivity index (χ2n) is 7.87. The molecule has 3 aromatic rings. The van der Waals surface area contributed by atoms with Crippen molar-refractivity contribution in [1.82, 2.24) is 8.87 Å². The molecule has 0 saturated carbocycles. The molecule has 1 saturated heterocycles. The number of nitro groups is 1. The minimum atomic E-state index is -3.81. The Bertz CT molecular complexity index is 1320. The highest BCUT2D eigenvalue weighted by atomic mass is 32.2. The Kier molecular flexibility index (Phi) is 5.70. The lowest BCUT2D eigenvalue weighted by Gasteiger charge is -2.15. The third-order valence-electron chi connectivity index (χ3n) is 5.48. The molecule has 1 N–H and O–H groups in total. The van der Waals surface area contributed by atoms with Crippen molar-refractivity contribution < 1.29 is 18.4 Å². The van der Waals surface area contributed by atoms with E-state index in [9.17, 15) is 23.6 Å². The lowest BCUT2D eigenvalue weighted by Crippen LogP contribution is -2.27. The van der Waals surface area contributed by atoms with Crippen LogP contribution >= 0.6 is 0 Å². The van der Waals surface area contributed by atoms with Crippen LogP contribution in [0.1, 0.15) is 32.7 Å². The van der Waals surface area contributed by atoms with Crippen molar-refractivity contribution in [3.63, 3.8) is 0 Å². The van der Waals surface area contributed by atoms with Gasteiger partial charge in [-0.1, -0.05) is 18.2 Å². The molecule has 2 aromatic carbocycles. The lowest BCUT2D eigenvalue weighted by atomic mass is 10.2. The fourth-order valence-electron chi connectivity index (χ4n) is 3.93. The second kappa shape index (κ2) is 8.32. The van der Waals surface area contributed by atoms with Gasteiger partial charge < -0.3 is 9.67 Å². The fraction of sp³-hybridized carbons (Fsp3) is 0.333. The number of sulfonamides is 1. The molecule has 0 amide bonds. The van der Waals surface area contributed by atoms with Crippen molar-refractivity contribution in [2.45, 2.75) is 37.6 Å². The molecule has 2 heterocycles. The molecule has 4 rings (SSSR count). The average Bonchev–Trinajstić information content (AvgIpc) is 3.39. The number of benzene rings is 2. The van der Waals surface area contributed by atoms with Gasteiger partial charge in [0, 0.05) is 30.6 Å². The number of para-hydroxylation sites is 1. The molecule has 10 nitrogen and oxygen atoms in total. The predicted octanol–water partition coefficient (Wildman–Crippen LogP) is 5.04. The number of aromatic nitrogens is 1. The molecular formula is C21H23N5O5S. The molecule has 32 heavy (non-hydrogen) atoms. The van der Waals surface area contributed by atoms with E-state index in [1.54, 1.807) is 16.7 Å². The molecule has 1 fully saturated rings. The van der Waals surface area contributed by atoms with Crippen LogP contribution < -0.4 is 0 Å². The first-order valence-electron chi connectivity index (χ1n) is 10.2. The van der Waals surface area contributed by atoms with Crippen molar-refractivity contribution in [2.24, 2.45) is 10.2 Å². The van der Waals surface area contributed by atoms with Crippen molar-refractivity contribution >= 4 is 38.0 Å². The third-order valence-corrected chi connectivity index (χ3v) is 7.37. The zero-order chi connectivity index (χ0) is 23.0. The number of hydrogen-bond acceptors (Lipinski definition) is 7. The third kappa shape index (κ3) is 3.73. The van der Waals surface area contributed by atoms with Gasteiger partial charge in [0.2, 0.25) is 15.9 Å². The molecular weight excluding hydrogens is 434 g/mol. The van der Waals surface area contributed by atoms with E-state index in [1.807, 2.05) is 26.0 Å². The van der Waals surface area contributed by atoms with Gasteiger partial charge in [0.1, 0.15) is 0 Å². The molecule has 11 heteroatoms. The largest absolute Gasteiger partial charge is 0.493 e. The molecule has 168 valence electrons. The predicted molar refractivity (Wildman–Crippen MR) is 119 cm³/mol. The quantitative estimate of drug-likeness (QED) is 0.315. The lowest BCUT2D eigenvalue weighted by molar-refractivity contribution is -0.384. The number of fused-ring (bicyclic) bond motifs is 1. The second-order valence-corrected chi connectivity index (χ2v) is 9.81. The first-order chi connectivity index (χ1) is 15.2. The normalized spacial score (nSPS) is 15.3. The summed E-state index contributed by atoms with van der Waals surface area (Å²) in [5.74, 6) is -0.0964. The zero-order valence-electron chi connectivity index (χ0n) is 17.7. The molecule has 1 aromatic heterocycles. The molecule has 0 spiro atoms. The fourth-order valence-corrected chi connectivity index (χ4v) is 5.47. The zero-order valence-corrected chi connectivity index (χ0v) is 18.5. The number of rotatable bonds is 6. The van der Waals surface area contributed by atoms with E-state index in [0.717, 1.165) is 24.4 Å². The molecule has 0 bridgehead atoms.